The fourth-order valence-corrected chi connectivity index (χ4v) is 5.50. The number of halogens is 2. The molecule has 2 heterocycles. The van der Waals surface area contributed by atoms with E-state index < -0.39 is 6.10 Å². The first-order chi connectivity index (χ1) is 18.9. The molecule has 1 atom stereocenters. The first kappa shape index (κ1) is 25.8. The molecule has 2 aliphatic rings. The van der Waals surface area contributed by atoms with Gasteiger partial charge in [-0.05, 0) is 65.1 Å². The number of likely N-dealkylation sites (N-methyl/N-ethyl adjacent to an activating group) is 1. The Hall–Kier alpha value is -3.51. The van der Waals surface area contributed by atoms with Crippen LogP contribution in [0.5, 0.6) is 11.5 Å². The zero-order valence-electron chi connectivity index (χ0n) is 21.6. The normalized spacial score (nSPS) is 16.8. The van der Waals surface area contributed by atoms with Crippen LogP contribution in [-0.4, -0.2) is 24.4 Å². The second-order valence-electron chi connectivity index (χ2n) is 10.0. The Bertz CT molecular complexity index is 1510. The molecule has 39 heavy (non-hydrogen) atoms. The van der Waals surface area contributed by atoms with E-state index in [-0.39, 0.29) is 5.91 Å². The van der Waals surface area contributed by atoms with Gasteiger partial charge in [0.2, 0.25) is 6.10 Å². The van der Waals surface area contributed by atoms with E-state index in [0.717, 1.165) is 48.6 Å². The lowest BCUT2D eigenvalue weighted by Gasteiger charge is -2.35. The third kappa shape index (κ3) is 5.48. The number of benzene rings is 4. The molecule has 1 amide bonds. The lowest BCUT2D eigenvalue weighted by Crippen LogP contribution is -2.39. The molecular formula is C32H28Cl2N2O3. The number of fused-ring (bicyclic) bond motifs is 2. The van der Waals surface area contributed by atoms with Crippen LogP contribution in [0.4, 0.5) is 5.69 Å². The molecule has 1 unspecified atom stereocenters. The topological polar surface area (TPSA) is 42.0 Å². The Morgan fingerprint density at radius 1 is 0.897 bits per heavy atom. The maximum Gasteiger partial charge on any atom is 0.272 e. The highest BCUT2D eigenvalue weighted by atomic mass is 35.5. The lowest BCUT2D eigenvalue weighted by molar-refractivity contribution is -0.126. The van der Waals surface area contributed by atoms with Crippen LogP contribution >= 0.6 is 23.2 Å². The molecule has 0 saturated heterocycles. The van der Waals surface area contributed by atoms with Gasteiger partial charge in [-0.1, -0.05) is 71.7 Å². The van der Waals surface area contributed by atoms with Crippen LogP contribution in [0, 0.1) is 0 Å². The van der Waals surface area contributed by atoms with Crippen molar-refractivity contribution in [2.45, 2.75) is 32.2 Å². The van der Waals surface area contributed by atoms with Crippen LogP contribution < -0.4 is 14.4 Å². The molecule has 0 aliphatic carbocycles. The number of carbonyl (C=O) groups excluding carboxylic acids is 1. The van der Waals surface area contributed by atoms with Crippen LogP contribution in [0.15, 0.2) is 84.9 Å². The van der Waals surface area contributed by atoms with E-state index in [4.69, 9.17) is 32.7 Å². The Morgan fingerprint density at radius 3 is 2.46 bits per heavy atom. The van der Waals surface area contributed by atoms with Crippen molar-refractivity contribution in [2.75, 3.05) is 18.5 Å². The number of nitrogens with zero attached hydrogens (tertiary/aromatic N) is 2. The summed E-state index contributed by atoms with van der Waals surface area (Å²) in [5.41, 5.74) is 6.37. The van der Waals surface area contributed by atoms with Gasteiger partial charge in [0.05, 0.1) is 15.7 Å². The first-order valence-electron chi connectivity index (χ1n) is 13.0. The third-order valence-electron chi connectivity index (χ3n) is 7.35. The van der Waals surface area contributed by atoms with E-state index in [1.165, 1.54) is 16.7 Å². The minimum Gasteiger partial charge on any atom is -0.489 e. The van der Waals surface area contributed by atoms with Gasteiger partial charge < -0.3 is 14.4 Å². The van der Waals surface area contributed by atoms with Crippen LogP contribution in [0.1, 0.15) is 33.9 Å². The summed E-state index contributed by atoms with van der Waals surface area (Å²) in [6.07, 6.45) is 0.235. The highest BCUT2D eigenvalue weighted by Crippen LogP contribution is 2.41. The predicted octanol–water partition coefficient (Wildman–Crippen LogP) is 7.23. The van der Waals surface area contributed by atoms with Gasteiger partial charge in [-0.2, -0.15) is 0 Å². The summed E-state index contributed by atoms with van der Waals surface area (Å²) >= 11 is 12.1. The summed E-state index contributed by atoms with van der Waals surface area (Å²) in [5, 5.41) is 1.01. The number of amides is 1. The van der Waals surface area contributed by atoms with Crippen molar-refractivity contribution in [1.82, 2.24) is 4.90 Å². The SMILES string of the molecule is CN1C(=O)C(c2ccc(OCc3ccc(Cl)c(Cl)c3)cc2)Oc2cc3c(cc21)CCN(Cc1ccccc1)C3. The number of hydrogen-bond acceptors (Lipinski definition) is 4. The molecule has 2 aliphatic heterocycles. The largest absolute Gasteiger partial charge is 0.489 e. The molecule has 7 heteroatoms. The fraction of sp³-hybridized carbons (Fsp3) is 0.219. The zero-order chi connectivity index (χ0) is 26.9. The molecule has 4 aromatic rings. The Balaban J connectivity index is 1.16. The number of hydrogen-bond donors (Lipinski definition) is 0. The summed E-state index contributed by atoms with van der Waals surface area (Å²) < 4.78 is 12.2. The summed E-state index contributed by atoms with van der Waals surface area (Å²) in [4.78, 5) is 17.5. The van der Waals surface area contributed by atoms with E-state index >= 15 is 0 Å². The second kappa shape index (κ2) is 10.9. The van der Waals surface area contributed by atoms with Crippen molar-refractivity contribution >= 4 is 34.8 Å². The molecule has 0 saturated carbocycles. The van der Waals surface area contributed by atoms with Gasteiger partial charge in [-0.15, -0.1) is 0 Å². The van der Waals surface area contributed by atoms with Crippen molar-refractivity contribution < 1.29 is 14.3 Å². The van der Waals surface area contributed by atoms with Crippen molar-refractivity contribution in [3.05, 3.63) is 123 Å². The molecule has 0 fully saturated rings. The van der Waals surface area contributed by atoms with E-state index in [9.17, 15) is 4.79 Å². The fourth-order valence-electron chi connectivity index (χ4n) is 5.18. The third-order valence-corrected chi connectivity index (χ3v) is 8.09. The van der Waals surface area contributed by atoms with E-state index in [1.807, 2.05) is 43.4 Å². The van der Waals surface area contributed by atoms with E-state index in [0.29, 0.717) is 22.4 Å². The van der Waals surface area contributed by atoms with Gasteiger partial charge in [0.1, 0.15) is 18.1 Å². The molecule has 0 aromatic heterocycles. The highest BCUT2D eigenvalue weighted by Gasteiger charge is 2.35. The lowest BCUT2D eigenvalue weighted by atomic mass is 9.96. The van der Waals surface area contributed by atoms with E-state index in [1.54, 1.807) is 17.0 Å². The van der Waals surface area contributed by atoms with Gasteiger partial charge in [-0.3, -0.25) is 9.69 Å². The Labute approximate surface area is 238 Å². The van der Waals surface area contributed by atoms with Gasteiger partial charge in [0.25, 0.3) is 5.91 Å². The number of rotatable bonds is 6. The molecule has 0 N–H and O–H groups in total. The van der Waals surface area contributed by atoms with Crippen LogP contribution in [0.25, 0.3) is 0 Å². The molecule has 5 nitrogen and oxygen atoms in total. The summed E-state index contributed by atoms with van der Waals surface area (Å²) in [5.74, 6) is 1.34. The molecule has 198 valence electrons. The number of carbonyl (C=O) groups is 1. The van der Waals surface area contributed by atoms with Crippen LogP contribution in [0.2, 0.25) is 10.0 Å². The summed E-state index contributed by atoms with van der Waals surface area (Å²) in [6.45, 7) is 3.12. The van der Waals surface area contributed by atoms with Crippen molar-refractivity contribution in [2.24, 2.45) is 0 Å². The van der Waals surface area contributed by atoms with Crippen molar-refractivity contribution in [3.8, 4) is 11.5 Å². The number of anilines is 1. The monoisotopic (exact) mass is 558 g/mol. The van der Waals surface area contributed by atoms with Gasteiger partial charge >= 0.3 is 0 Å². The predicted molar refractivity (Wildman–Crippen MR) is 155 cm³/mol. The second-order valence-corrected chi connectivity index (χ2v) is 10.9. The Kier molecular flexibility index (Phi) is 7.22. The molecule has 0 spiro atoms. The first-order valence-corrected chi connectivity index (χ1v) is 13.7. The molecule has 0 radical (unpaired) electrons. The molecule has 0 bridgehead atoms. The highest BCUT2D eigenvalue weighted by molar-refractivity contribution is 6.42. The molecular weight excluding hydrogens is 531 g/mol. The molecule has 4 aromatic carbocycles. The molecule has 6 rings (SSSR count). The van der Waals surface area contributed by atoms with Crippen molar-refractivity contribution in [3.63, 3.8) is 0 Å². The van der Waals surface area contributed by atoms with E-state index in [2.05, 4.69) is 41.3 Å². The average Bonchev–Trinajstić information content (AvgIpc) is 2.96. The van der Waals surface area contributed by atoms with Crippen LogP contribution in [-0.2, 0) is 30.9 Å². The van der Waals surface area contributed by atoms with Gasteiger partial charge in [-0.25, -0.2) is 0 Å². The van der Waals surface area contributed by atoms with Crippen LogP contribution in [0.3, 0.4) is 0 Å². The average molecular weight is 559 g/mol. The standard InChI is InChI=1S/C32H28Cl2N2O3/c1-35-29-16-24-13-14-36(18-21-5-3-2-4-6-21)19-25(24)17-30(29)39-31(32(35)37)23-8-10-26(11-9-23)38-20-22-7-12-27(33)28(34)15-22/h2-12,15-17,31H,13-14,18-20H2,1H3. The quantitative estimate of drug-likeness (QED) is 0.250. The maximum absolute atomic E-state index is 13.3. The minimum atomic E-state index is -0.714. The summed E-state index contributed by atoms with van der Waals surface area (Å²) in [6, 6.07) is 27.7. The van der Waals surface area contributed by atoms with Gasteiger partial charge in [0, 0.05) is 32.2 Å². The van der Waals surface area contributed by atoms with Crippen molar-refractivity contribution in [1.29, 1.82) is 0 Å². The Morgan fingerprint density at radius 2 is 1.69 bits per heavy atom. The summed E-state index contributed by atoms with van der Waals surface area (Å²) in [7, 11) is 1.82. The maximum atomic E-state index is 13.3. The zero-order valence-corrected chi connectivity index (χ0v) is 23.1. The smallest absolute Gasteiger partial charge is 0.272 e. The van der Waals surface area contributed by atoms with Gasteiger partial charge in [0.15, 0.2) is 0 Å². The number of ether oxygens (including phenoxy) is 2. The minimum absolute atomic E-state index is 0.0894.